The molecule has 0 radical (unpaired) electrons. The summed E-state index contributed by atoms with van der Waals surface area (Å²) in [6.45, 7) is 8.01. The van der Waals surface area contributed by atoms with Crippen molar-refractivity contribution < 1.29 is 14.0 Å². The van der Waals surface area contributed by atoms with Gasteiger partial charge >= 0.3 is 11.8 Å². The largest absolute Gasteiger partial charge is 0.347 e. The van der Waals surface area contributed by atoms with Crippen LogP contribution in [0.2, 0.25) is 0 Å². The van der Waals surface area contributed by atoms with Gasteiger partial charge in [0.1, 0.15) is 10.8 Å². The van der Waals surface area contributed by atoms with Gasteiger partial charge in [0.25, 0.3) is 0 Å². The van der Waals surface area contributed by atoms with Gasteiger partial charge in [-0.15, -0.1) is 11.3 Å². The Hall–Kier alpha value is -3.06. The van der Waals surface area contributed by atoms with Crippen LogP contribution in [0.1, 0.15) is 27.3 Å². The van der Waals surface area contributed by atoms with E-state index in [-0.39, 0.29) is 5.82 Å². The molecular weight excluding hydrogens is 401 g/mol. The topological polar surface area (TPSA) is 71.1 Å². The van der Waals surface area contributed by atoms with Crippen LogP contribution in [0.4, 0.5) is 10.1 Å². The Morgan fingerprint density at radius 2 is 1.63 bits per heavy atom. The molecule has 1 aromatic heterocycles. The lowest BCUT2D eigenvalue weighted by molar-refractivity contribution is -0.136. The van der Waals surface area contributed by atoms with E-state index in [4.69, 9.17) is 0 Å². The SMILES string of the molecule is Cc1cc(C)c(NC(=O)C(=O)NCCc2sc(-c3ccc(F)cc3)nc2C)c(C)c1. The molecule has 0 unspecified atom stereocenters. The normalized spacial score (nSPS) is 10.7. The first-order chi connectivity index (χ1) is 14.2. The third-order valence-electron chi connectivity index (χ3n) is 4.74. The van der Waals surface area contributed by atoms with Gasteiger partial charge in [-0.2, -0.15) is 0 Å². The van der Waals surface area contributed by atoms with Crippen LogP contribution in [0.5, 0.6) is 0 Å². The highest BCUT2D eigenvalue weighted by Gasteiger charge is 2.16. The van der Waals surface area contributed by atoms with Gasteiger partial charge in [-0.1, -0.05) is 17.7 Å². The Bertz CT molecular complexity index is 1070. The number of aromatic nitrogens is 1. The zero-order valence-electron chi connectivity index (χ0n) is 17.4. The van der Waals surface area contributed by atoms with Crippen LogP contribution in [-0.2, 0) is 16.0 Å². The first-order valence-electron chi connectivity index (χ1n) is 9.64. The summed E-state index contributed by atoms with van der Waals surface area (Å²) in [6, 6.07) is 10.1. The molecule has 3 aromatic rings. The second-order valence-electron chi connectivity index (χ2n) is 7.27. The number of halogens is 1. The number of benzene rings is 2. The molecule has 5 nitrogen and oxygen atoms in total. The highest BCUT2D eigenvalue weighted by molar-refractivity contribution is 7.15. The first kappa shape index (κ1) is 21.6. The molecule has 0 bridgehead atoms. The van der Waals surface area contributed by atoms with Crippen molar-refractivity contribution in [2.45, 2.75) is 34.1 Å². The lowest BCUT2D eigenvalue weighted by Gasteiger charge is -2.12. The standard InChI is InChI=1S/C23H24FN3O2S/c1-13-11-14(2)20(15(3)12-13)27-22(29)21(28)25-10-9-19-16(4)26-23(30-19)17-5-7-18(24)8-6-17/h5-8,11-12H,9-10H2,1-4H3,(H,25,28)(H,27,29). The highest BCUT2D eigenvalue weighted by Crippen LogP contribution is 2.28. The minimum atomic E-state index is -0.682. The van der Waals surface area contributed by atoms with Crippen LogP contribution in [0, 0.1) is 33.5 Å². The minimum Gasteiger partial charge on any atom is -0.347 e. The van der Waals surface area contributed by atoms with Crippen LogP contribution in [0.25, 0.3) is 10.6 Å². The number of carbonyl (C=O) groups is 2. The number of hydrogen-bond donors (Lipinski definition) is 2. The molecule has 2 aromatic carbocycles. The van der Waals surface area contributed by atoms with Crippen molar-refractivity contribution in [1.29, 1.82) is 0 Å². The van der Waals surface area contributed by atoms with Crippen molar-refractivity contribution in [3.63, 3.8) is 0 Å². The Morgan fingerprint density at radius 1 is 1.00 bits per heavy atom. The molecule has 3 rings (SSSR count). The van der Waals surface area contributed by atoms with E-state index in [9.17, 15) is 14.0 Å². The number of amides is 2. The van der Waals surface area contributed by atoms with E-state index in [1.54, 1.807) is 12.1 Å². The van der Waals surface area contributed by atoms with Crippen molar-refractivity contribution >= 4 is 28.8 Å². The third kappa shape index (κ3) is 5.10. The summed E-state index contributed by atoms with van der Waals surface area (Å²) in [6.07, 6.45) is 0.562. The number of aryl methyl sites for hydroxylation is 4. The number of nitrogens with one attached hydrogen (secondary N) is 2. The minimum absolute atomic E-state index is 0.288. The molecule has 2 amide bonds. The third-order valence-corrected chi connectivity index (χ3v) is 6.01. The number of hydrogen-bond acceptors (Lipinski definition) is 4. The molecule has 2 N–H and O–H groups in total. The second-order valence-corrected chi connectivity index (χ2v) is 8.35. The lowest BCUT2D eigenvalue weighted by atomic mass is 10.1. The Kier molecular flexibility index (Phi) is 6.62. The fourth-order valence-electron chi connectivity index (χ4n) is 3.29. The van der Waals surface area contributed by atoms with Gasteiger partial charge in [0.05, 0.1) is 5.69 Å². The van der Waals surface area contributed by atoms with Gasteiger partial charge < -0.3 is 10.6 Å². The first-order valence-corrected chi connectivity index (χ1v) is 10.5. The van der Waals surface area contributed by atoms with Crippen LogP contribution in [-0.4, -0.2) is 23.3 Å². The van der Waals surface area contributed by atoms with E-state index in [1.807, 2.05) is 39.8 Å². The Labute approximate surface area is 179 Å². The molecule has 0 atom stereocenters. The van der Waals surface area contributed by atoms with Crippen LogP contribution in [0.15, 0.2) is 36.4 Å². The lowest BCUT2D eigenvalue weighted by Crippen LogP contribution is -2.36. The van der Waals surface area contributed by atoms with E-state index in [1.165, 1.54) is 23.5 Å². The summed E-state index contributed by atoms with van der Waals surface area (Å²) in [5, 5.41) is 6.17. The van der Waals surface area contributed by atoms with Crippen molar-refractivity contribution in [2.75, 3.05) is 11.9 Å². The number of nitrogens with zero attached hydrogens (tertiary/aromatic N) is 1. The summed E-state index contributed by atoms with van der Waals surface area (Å²) >= 11 is 1.50. The summed E-state index contributed by atoms with van der Waals surface area (Å²) in [5.41, 5.74) is 5.33. The molecule has 156 valence electrons. The molecule has 0 aliphatic heterocycles. The molecule has 30 heavy (non-hydrogen) atoms. The van der Waals surface area contributed by atoms with Crippen LogP contribution in [0.3, 0.4) is 0 Å². The fraction of sp³-hybridized carbons (Fsp3) is 0.261. The van der Waals surface area contributed by atoms with Gasteiger partial charge in [0.2, 0.25) is 0 Å². The molecule has 0 spiro atoms. The monoisotopic (exact) mass is 425 g/mol. The summed E-state index contributed by atoms with van der Waals surface area (Å²) in [5.74, 6) is -1.64. The number of rotatable bonds is 5. The van der Waals surface area contributed by atoms with E-state index in [0.717, 1.165) is 37.8 Å². The fourth-order valence-corrected chi connectivity index (χ4v) is 4.36. The quantitative estimate of drug-likeness (QED) is 0.592. The molecule has 0 saturated heterocycles. The summed E-state index contributed by atoms with van der Waals surface area (Å²) in [4.78, 5) is 30.0. The maximum atomic E-state index is 13.1. The molecule has 0 fully saturated rings. The van der Waals surface area contributed by atoms with Gasteiger partial charge in [0.15, 0.2) is 0 Å². The molecular formula is C23H24FN3O2S. The van der Waals surface area contributed by atoms with Crippen molar-refractivity contribution in [1.82, 2.24) is 10.3 Å². The maximum Gasteiger partial charge on any atom is 0.313 e. The average molecular weight is 426 g/mol. The Balaban J connectivity index is 1.57. The Morgan fingerprint density at radius 3 is 2.27 bits per heavy atom. The van der Waals surface area contributed by atoms with E-state index in [0.29, 0.717) is 18.7 Å². The van der Waals surface area contributed by atoms with E-state index < -0.39 is 11.8 Å². The van der Waals surface area contributed by atoms with Gasteiger partial charge in [0, 0.05) is 29.1 Å². The van der Waals surface area contributed by atoms with Gasteiger partial charge in [-0.05, 0) is 63.1 Å². The van der Waals surface area contributed by atoms with Crippen molar-refractivity contribution in [3.05, 3.63) is 69.5 Å². The van der Waals surface area contributed by atoms with E-state index in [2.05, 4.69) is 15.6 Å². The smallest absolute Gasteiger partial charge is 0.313 e. The molecule has 7 heteroatoms. The molecule has 0 saturated carbocycles. The summed E-state index contributed by atoms with van der Waals surface area (Å²) in [7, 11) is 0. The van der Waals surface area contributed by atoms with Crippen molar-refractivity contribution in [3.8, 4) is 10.6 Å². The number of thiazole rings is 1. The van der Waals surface area contributed by atoms with E-state index >= 15 is 0 Å². The van der Waals surface area contributed by atoms with Crippen LogP contribution >= 0.6 is 11.3 Å². The zero-order chi connectivity index (χ0) is 21.8. The van der Waals surface area contributed by atoms with Gasteiger partial charge in [-0.25, -0.2) is 9.37 Å². The van der Waals surface area contributed by atoms with Crippen molar-refractivity contribution in [2.24, 2.45) is 0 Å². The maximum absolute atomic E-state index is 13.1. The molecule has 0 aliphatic carbocycles. The predicted octanol–water partition coefficient (Wildman–Crippen LogP) is 4.48. The zero-order valence-corrected chi connectivity index (χ0v) is 18.2. The molecule has 1 heterocycles. The average Bonchev–Trinajstić information content (AvgIpc) is 3.05. The number of carbonyl (C=O) groups excluding carboxylic acids is 2. The second kappa shape index (κ2) is 9.17. The predicted molar refractivity (Wildman–Crippen MR) is 118 cm³/mol. The molecule has 0 aliphatic rings. The van der Waals surface area contributed by atoms with Crippen LogP contribution < -0.4 is 10.6 Å². The number of anilines is 1. The highest BCUT2D eigenvalue weighted by atomic mass is 32.1. The summed E-state index contributed by atoms with van der Waals surface area (Å²) < 4.78 is 13.1. The van der Waals surface area contributed by atoms with Gasteiger partial charge in [-0.3, -0.25) is 9.59 Å².